The maximum absolute atomic E-state index is 3.63. The van der Waals surface area contributed by atoms with Gasteiger partial charge in [0.1, 0.15) is 0 Å². The van der Waals surface area contributed by atoms with Gasteiger partial charge in [-0.15, -0.1) is 11.3 Å². The molecular formula is C14H24N2S. The molecule has 2 nitrogen and oxygen atoms in total. The van der Waals surface area contributed by atoms with Crippen molar-refractivity contribution in [1.82, 2.24) is 10.6 Å². The van der Waals surface area contributed by atoms with Crippen LogP contribution in [-0.2, 0) is 6.54 Å². The lowest BCUT2D eigenvalue weighted by Gasteiger charge is -2.26. The van der Waals surface area contributed by atoms with Gasteiger partial charge in [0.2, 0.25) is 0 Å². The second-order valence-corrected chi connectivity index (χ2v) is 6.55. The summed E-state index contributed by atoms with van der Waals surface area (Å²) in [4.78, 5) is 2.86. The summed E-state index contributed by atoms with van der Waals surface area (Å²) in [6.07, 6.45) is 5.36. The molecule has 0 radical (unpaired) electrons. The van der Waals surface area contributed by atoms with Crippen molar-refractivity contribution in [2.75, 3.05) is 6.54 Å². The van der Waals surface area contributed by atoms with E-state index in [-0.39, 0.29) is 0 Å². The predicted molar refractivity (Wildman–Crippen MR) is 75.6 cm³/mol. The maximum atomic E-state index is 3.63. The number of nitrogens with one attached hydrogen (secondary N) is 2. The average Bonchev–Trinajstić information content (AvgIpc) is 2.74. The van der Waals surface area contributed by atoms with E-state index in [2.05, 4.69) is 36.6 Å². The van der Waals surface area contributed by atoms with E-state index < -0.39 is 0 Å². The SMILES string of the molecule is Cc1ccc(CNC(C)CC2CCCCN2)s1. The minimum Gasteiger partial charge on any atom is -0.314 e. The maximum Gasteiger partial charge on any atom is 0.0302 e. The molecule has 3 heteroatoms. The summed E-state index contributed by atoms with van der Waals surface area (Å²) in [5.74, 6) is 0. The Balaban J connectivity index is 1.68. The normalized spacial score (nSPS) is 22.6. The second-order valence-electron chi connectivity index (χ2n) is 5.18. The van der Waals surface area contributed by atoms with Gasteiger partial charge in [-0.1, -0.05) is 6.42 Å². The molecule has 2 rings (SSSR count). The minimum atomic E-state index is 0.605. The summed E-state index contributed by atoms with van der Waals surface area (Å²) in [5.41, 5.74) is 0. The molecule has 1 fully saturated rings. The molecule has 0 bridgehead atoms. The molecule has 1 aromatic heterocycles. The van der Waals surface area contributed by atoms with Crippen molar-refractivity contribution < 1.29 is 0 Å². The van der Waals surface area contributed by atoms with Crippen LogP contribution >= 0.6 is 11.3 Å². The minimum absolute atomic E-state index is 0.605. The van der Waals surface area contributed by atoms with Crippen molar-refractivity contribution in [3.63, 3.8) is 0 Å². The number of hydrogen-bond acceptors (Lipinski definition) is 3. The first-order valence-electron chi connectivity index (χ1n) is 6.76. The Morgan fingerprint density at radius 1 is 1.47 bits per heavy atom. The first kappa shape index (κ1) is 13.1. The van der Waals surface area contributed by atoms with Crippen molar-refractivity contribution in [3.05, 3.63) is 21.9 Å². The van der Waals surface area contributed by atoms with Crippen LogP contribution in [0.1, 0.15) is 42.4 Å². The third-order valence-corrected chi connectivity index (χ3v) is 4.47. The summed E-state index contributed by atoms with van der Waals surface area (Å²) in [5, 5.41) is 7.24. The van der Waals surface area contributed by atoms with E-state index in [1.807, 2.05) is 11.3 Å². The van der Waals surface area contributed by atoms with Gasteiger partial charge >= 0.3 is 0 Å². The zero-order chi connectivity index (χ0) is 12.1. The van der Waals surface area contributed by atoms with Gasteiger partial charge < -0.3 is 10.6 Å². The van der Waals surface area contributed by atoms with Gasteiger partial charge in [0, 0.05) is 28.4 Å². The molecule has 1 aliphatic heterocycles. The zero-order valence-electron chi connectivity index (χ0n) is 11.0. The summed E-state index contributed by atoms with van der Waals surface area (Å²) in [6, 6.07) is 5.78. The fourth-order valence-electron chi connectivity index (χ4n) is 2.49. The molecule has 0 aliphatic carbocycles. The molecular weight excluding hydrogens is 228 g/mol. The van der Waals surface area contributed by atoms with Gasteiger partial charge in [-0.25, -0.2) is 0 Å². The summed E-state index contributed by atoms with van der Waals surface area (Å²) in [7, 11) is 0. The fraction of sp³-hybridized carbons (Fsp3) is 0.714. The summed E-state index contributed by atoms with van der Waals surface area (Å²) in [6.45, 7) is 6.70. The van der Waals surface area contributed by atoms with E-state index in [1.54, 1.807) is 0 Å². The van der Waals surface area contributed by atoms with E-state index >= 15 is 0 Å². The molecule has 2 atom stereocenters. The van der Waals surface area contributed by atoms with Crippen LogP contribution in [0.15, 0.2) is 12.1 Å². The van der Waals surface area contributed by atoms with Gasteiger partial charge in [-0.05, 0) is 51.8 Å². The molecule has 2 N–H and O–H groups in total. The van der Waals surface area contributed by atoms with E-state index in [0.29, 0.717) is 6.04 Å². The van der Waals surface area contributed by atoms with Gasteiger partial charge in [-0.3, -0.25) is 0 Å². The number of thiophene rings is 1. The molecule has 0 amide bonds. The Morgan fingerprint density at radius 3 is 3.00 bits per heavy atom. The van der Waals surface area contributed by atoms with Crippen molar-refractivity contribution >= 4 is 11.3 Å². The Kier molecular flexibility index (Phi) is 5.01. The molecule has 0 aromatic carbocycles. The molecule has 17 heavy (non-hydrogen) atoms. The van der Waals surface area contributed by atoms with E-state index in [9.17, 15) is 0 Å². The lowest BCUT2D eigenvalue weighted by atomic mass is 9.99. The van der Waals surface area contributed by atoms with Crippen LogP contribution in [0.3, 0.4) is 0 Å². The lowest BCUT2D eigenvalue weighted by molar-refractivity contribution is 0.345. The lowest BCUT2D eigenvalue weighted by Crippen LogP contribution is -2.39. The van der Waals surface area contributed by atoms with E-state index in [1.165, 1.54) is 42.0 Å². The number of rotatable bonds is 5. The summed E-state index contributed by atoms with van der Waals surface area (Å²) >= 11 is 1.90. The van der Waals surface area contributed by atoms with Crippen LogP contribution in [-0.4, -0.2) is 18.6 Å². The van der Waals surface area contributed by atoms with Crippen LogP contribution in [0.2, 0.25) is 0 Å². The highest BCUT2D eigenvalue weighted by Crippen LogP contribution is 2.16. The first-order valence-corrected chi connectivity index (χ1v) is 7.58. The first-order chi connectivity index (χ1) is 8.24. The third kappa shape index (κ3) is 4.41. The molecule has 96 valence electrons. The quantitative estimate of drug-likeness (QED) is 0.841. The molecule has 0 spiro atoms. The Hall–Kier alpha value is -0.380. The number of aryl methyl sites for hydroxylation is 1. The third-order valence-electron chi connectivity index (χ3n) is 3.47. The van der Waals surface area contributed by atoms with Crippen molar-refractivity contribution in [3.8, 4) is 0 Å². The Labute approximate surface area is 109 Å². The second kappa shape index (κ2) is 6.53. The Bertz CT molecular complexity index is 329. The van der Waals surface area contributed by atoms with Gasteiger partial charge in [-0.2, -0.15) is 0 Å². The van der Waals surface area contributed by atoms with Crippen LogP contribution in [0.4, 0.5) is 0 Å². The summed E-state index contributed by atoms with van der Waals surface area (Å²) < 4.78 is 0. The van der Waals surface area contributed by atoms with Crippen LogP contribution < -0.4 is 10.6 Å². The van der Waals surface area contributed by atoms with Crippen molar-refractivity contribution in [2.24, 2.45) is 0 Å². The van der Waals surface area contributed by atoms with E-state index in [4.69, 9.17) is 0 Å². The van der Waals surface area contributed by atoms with Gasteiger partial charge in [0.05, 0.1) is 0 Å². The van der Waals surface area contributed by atoms with Gasteiger partial charge in [0.25, 0.3) is 0 Å². The fourth-order valence-corrected chi connectivity index (χ4v) is 3.33. The largest absolute Gasteiger partial charge is 0.314 e. The zero-order valence-corrected chi connectivity index (χ0v) is 11.8. The standard InChI is InChI=1S/C14H24N2S/c1-11(9-13-5-3-4-8-15-13)16-10-14-7-6-12(2)17-14/h6-7,11,13,15-16H,3-5,8-10H2,1-2H3. The number of piperidine rings is 1. The van der Waals surface area contributed by atoms with Crippen LogP contribution in [0.25, 0.3) is 0 Å². The van der Waals surface area contributed by atoms with Crippen molar-refractivity contribution in [2.45, 2.75) is 58.2 Å². The van der Waals surface area contributed by atoms with Crippen LogP contribution in [0.5, 0.6) is 0 Å². The van der Waals surface area contributed by atoms with Crippen LogP contribution in [0, 0.1) is 6.92 Å². The molecule has 2 heterocycles. The predicted octanol–water partition coefficient (Wildman–Crippen LogP) is 3.07. The molecule has 2 unspecified atom stereocenters. The molecule has 0 saturated carbocycles. The molecule has 1 saturated heterocycles. The highest BCUT2D eigenvalue weighted by atomic mass is 32.1. The van der Waals surface area contributed by atoms with E-state index in [0.717, 1.165) is 12.6 Å². The molecule has 1 aliphatic rings. The number of hydrogen-bond donors (Lipinski definition) is 2. The smallest absolute Gasteiger partial charge is 0.0302 e. The Morgan fingerprint density at radius 2 is 2.35 bits per heavy atom. The highest BCUT2D eigenvalue weighted by Gasteiger charge is 2.15. The topological polar surface area (TPSA) is 24.1 Å². The monoisotopic (exact) mass is 252 g/mol. The van der Waals surface area contributed by atoms with Gasteiger partial charge in [0.15, 0.2) is 0 Å². The average molecular weight is 252 g/mol. The molecule has 1 aromatic rings. The highest BCUT2D eigenvalue weighted by molar-refractivity contribution is 7.11. The van der Waals surface area contributed by atoms with Crippen molar-refractivity contribution in [1.29, 1.82) is 0 Å².